The van der Waals surface area contributed by atoms with Crippen molar-refractivity contribution in [3.8, 4) is 0 Å². The number of carbonyl (C=O) groups excluding carboxylic acids is 2. The summed E-state index contributed by atoms with van der Waals surface area (Å²) in [6.45, 7) is 3.40. The first-order valence-corrected chi connectivity index (χ1v) is 5.91. The highest BCUT2D eigenvalue weighted by atomic mass is 16.5. The second kappa shape index (κ2) is 4.64. The molecule has 6 heteroatoms. The number of anilines is 1. The summed E-state index contributed by atoms with van der Waals surface area (Å²) in [7, 11) is 0. The van der Waals surface area contributed by atoms with Crippen molar-refractivity contribution < 1.29 is 24.5 Å². The topological polar surface area (TPSA) is 95.9 Å². The minimum absolute atomic E-state index is 0.0499. The van der Waals surface area contributed by atoms with E-state index in [2.05, 4.69) is 10.1 Å². The van der Waals surface area contributed by atoms with E-state index in [1.54, 1.807) is 32.0 Å². The fraction of sp³-hybridized carbons (Fsp3) is 0.385. The predicted molar refractivity (Wildman–Crippen MR) is 66.3 cm³/mol. The lowest BCUT2D eigenvalue weighted by molar-refractivity contribution is -0.174. The van der Waals surface area contributed by atoms with Crippen LogP contribution < -0.4 is 5.32 Å². The fourth-order valence-electron chi connectivity index (χ4n) is 2.09. The number of aryl methyl sites for hydroxylation is 1. The Morgan fingerprint density at radius 1 is 1.53 bits per heavy atom. The minimum Gasteiger partial charge on any atom is -0.464 e. The molecule has 1 aliphatic heterocycles. The van der Waals surface area contributed by atoms with Gasteiger partial charge < -0.3 is 20.3 Å². The molecule has 0 bridgehead atoms. The van der Waals surface area contributed by atoms with Crippen molar-refractivity contribution in [2.24, 2.45) is 0 Å². The summed E-state index contributed by atoms with van der Waals surface area (Å²) in [5.74, 6) is -1.87. The van der Waals surface area contributed by atoms with Gasteiger partial charge in [0.2, 0.25) is 5.60 Å². The van der Waals surface area contributed by atoms with Crippen LogP contribution in [0.1, 0.15) is 18.1 Å². The van der Waals surface area contributed by atoms with Gasteiger partial charge in [0.15, 0.2) is 6.10 Å². The van der Waals surface area contributed by atoms with E-state index in [-0.39, 0.29) is 12.2 Å². The quantitative estimate of drug-likeness (QED) is 0.672. The van der Waals surface area contributed by atoms with Crippen molar-refractivity contribution in [1.29, 1.82) is 0 Å². The molecule has 1 aliphatic rings. The molecular weight excluding hydrogens is 250 g/mol. The number of aliphatic hydroxyl groups excluding tert-OH is 1. The summed E-state index contributed by atoms with van der Waals surface area (Å²) < 4.78 is 4.65. The highest BCUT2D eigenvalue weighted by Crippen LogP contribution is 2.39. The maximum Gasteiger partial charge on any atom is 0.338 e. The van der Waals surface area contributed by atoms with Crippen molar-refractivity contribution in [1.82, 2.24) is 0 Å². The Labute approximate surface area is 110 Å². The molecule has 2 rings (SSSR count). The molecule has 6 nitrogen and oxygen atoms in total. The summed E-state index contributed by atoms with van der Waals surface area (Å²) in [6.07, 6.45) is -1.96. The van der Waals surface area contributed by atoms with Gasteiger partial charge in [0, 0.05) is 11.3 Å². The van der Waals surface area contributed by atoms with Crippen LogP contribution in [0.5, 0.6) is 0 Å². The molecule has 0 aliphatic carbocycles. The zero-order valence-electron chi connectivity index (χ0n) is 10.6. The third-order valence-electron chi connectivity index (χ3n) is 3.09. The summed E-state index contributed by atoms with van der Waals surface area (Å²) in [5.41, 5.74) is -0.961. The average molecular weight is 265 g/mol. The lowest BCUT2D eigenvalue weighted by Crippen LogP contribution is -2.50. The summed E-state index contributed by atoms with van der Waals surface area (Å²) in [4.78, 5) is 23.4. The second-order valence-corrected chi connectivity index (χ2v) is 4.42. The number of ether oxygens (including phenoxy) is 1. The Morgan fingerprint density at radius 2 is 2.21 bits per heavy atom. The van der Waals surface area contributed by atoms with Crippen molar-refractivity contribution >= 4 is 17.6 Å². The molecule has 1 aromatic carbocycles. The molecule has 3 N–H and O–H groups in total. The van der Waals surface area contributed by atoms with Crippen LogP contribution in [0.2, 0.25) is 0 Å². The lowest BCUT2D eigenvalue weighted by atomic mass is 9.88. The smallest absolute Gasteiger partial charge is 0.338 e. The monoisotopic (exact) mass is 265 g/mol. The van der Waals surface area contributed by atoms with Gasteiger partial charge in [-0.1, -0.05) is 17.7 Å². The fourth-order valence-corrected chi connectivity index (χ4v) is 2.09. The zero-order valence-corrected chi connectivity index (χ0v) is 10.6. The molecule has 0 saturated heterocycles. The van der Waals surface area contributed by atoms with Gasteiger partial charge in [0.25, 0.3) is 5.91 Å². The number of amides is 1. The first kappa shape index (κ1) is 13.5. The third-order valence-corrected chi connectivity index (χ3v) is 3.09. The van der Waals surface area contributed by atoms with Crippen molar-refractivity contribution in [3.05, 3.63) is 29.3 Å². The first-order valence-electron chi connectivity index (χ1n) is 5.91. The average Bonchev–Trinajstić information content (AvgIpc) is 2.62. The standard InChI is InChI=1S/C13H15NO5/c1-3-19-11(16)10(15)13(18)8-6-7(2)4-5-9(8)14-12(13)17/h4-6,10,15,18H,3H2,1-2H3,(H,14,17)/t10-,13+/m1/s1. The maximum atomic E-state index is 11.9. The Balaban J connectivity index is 2.46. The molecule has 102 valence electrons. The molecule has 0 aromatic heterocycles. The number of esters is 1. The number of aliphatic hydroxyl groups is 2. The van der Waals surface area contributed by atoms with E-state index in [1.165, 1.54) is 0 Å². The maximum absolute atomic E-state index is 11.9. The van der Waals surface area contributed by atoms with Gasteiger partial charge in [0.05, 0.1) is 6.61 Å². The van der Waals surface area contributed by atoms with Gasteiger partial charge in [-0.2, -0.15) is 0 Å². The largest absolute Gasteiger partial charge is 0.464 e. The zero-order chi connectivity index (χ0) is 14.2. The van der Waals surface area contributed by atoms with Crippen molar-refractivity contribution in [2.45, 2.75) is 25.6 Å². The lowest BCUT2D eigenvalue weighted by Gasteiger charge is -2.25. The van der Waals surface area contributed by atoms with Crippen LogP contribution >= 0.6 is 0 Å². The Bertz CT molecular complexity index is 542. The molecule has 19 heavy (non-hydrogen) atoms. The SMILES string of the molecule is CCOC(=O)[C@@H](O)[C@]1(O)C(=O)Nc2ccc(C)cc21. The number of nitrogens with one attached hydrogen (secondary N) is 1. The third kappa shape index (κ3) is 1.98. The van der Waals surface area contributed by atoms with Crippen LogP contribution in [0.25, 0.3) is 0 Å². The van der Waals surface area contributed by atoms with E-state index >= 15 is 0 Å². The van der Waals surface area contributed by atoms with Crippen molar-refractivity contribution in [3.63, 3.8) is 0 Å². The van der Waals surface area contributed by atoms with Crippen LogP contribution in [-0.4, -0.2) is 34.8 Å². The molecule has 0 radical (unpaired) electrons. The highest BCUT2D eigenvalue weighted by Gasteiger charge is 2.54. The molecule has 0 saturated carbocycles. The number of fused-ring (bicyclic) bond motifs is 1. The van der Waals surface area contributed by atoms with Crippen LogP contribution in [0.15, 0.2) is 18.2 Å². The predicted octanol–water partition coefficient (Wildman–Crippen LogP) is 0.0587. The van der Waals surface area contributed by atoms with Crippen LogP contribution in [0, 0.1) is 6.92 Å². The van der Waals surface area contributed by atoms with Gasteiger partial charge >= 0.3 is 5.97 Å². The van der Waals surface area contributed by atoms with E-state index in [0.717, 1.165) is 5.56 Å². The Hall–Kier alpha value is -1.92. The number of carbonyl (C=O) groups is 2. The summed E-state index contributed by atoms with van der Waals surface area (Å²) in [6, 6.07) is 4.91. The van der Waals surface area contributed by atoms with Gasteiger partial charge in [-0.15, -0.1) is 0 Å². The first-order chi connectivity index (χ1) is 8.91. The van der Waals surface area contributed by atoms with Gasteiger partial charge in [-0.05, 0) is 19.9 Å². The molecule has 0 unspecified atom stereocenters. The second-order valence-electron chi connectivity index (χ2n) is 4.42. The molecule has 0 fully saturated rings. The van der Waals surface area contributed by atoms with Crippen molar-refractivity contribution in [2.75, 3.05) is 11.9 Å². The molecule has 1 aromatic rings. The van der Waals surface area contributed by atoms with Gasteiger partial charge in [0.1, 0.15) is 0 Å². The number of benzene rings is 1. The van der Waals surface area contributed by atoms with Crippen LogP contribution in [0.4, 0.5) is 5.69 Å². The Morgan fingerprint density at radius 3 is 2.84 bits per heavy atom. The number of hydrogen-bond donors (Lipinski definition) is 3. The number of hydrogen-bond acceptors (Lipinski definition) is 5. The summed E-state index contributed by atoms with van der Waals surface area (Å²) >= 11 is 0. The molecule has 2 atom stereocenters. The van der Waals surface area contributed by atoms with E-state index in [1.807, 2.05) is 0 Å². The molecule has 0 spiro atoms. The van der Waals surface area contributed by atoms with E-state index in [0.29, 0.717) is 5.69 Å². The van der Waals surface area contributed by atoms with Gasteiger partial charge in [-0.25, -0.2) is 4.79 Å². The summed E-state index contributed by atoms with van der Waals surface area (Å²) in [5, 5.41) is 22.8. The molecule has 1 heterocycles. The van der Waals surface area contributed by atoms with E-state index in [4.69, 9.17) is 0 Å². The van der Waals surface area contributed by atoms with Crippen LogP contribution in [0.3, 0.4) is 0 Å². The van der Waals surface area contributed by atoms with E-state index < -0.39 is 23.6 Å². The molecular formula is C13H15NO5. The highest BCUT2D eigenvalue weighted by molar-refractivity contribution is 6.07. The minimum atomic E-state index is -2.31. The number of rotatable bonds is 3. The van der Waals surface area contributed by atoms with Gasteiger partial charge in [-0.3, -0.25) is 4.79 Å². The normalized spacial score (nSPS) is 22.6. The Kier molecular flexibility index (Phi) is 3.30. The van der Waals surface area contributed by atoms with E-state index in [9.17, 15) is 19.8 Å². The van der Waals surface area contributed by atoms with Crippen LogP contribution in [-0.2, 0) is 19.9 Å². The molecule has 1 amide bonds.